The molecule has 0 bridgehead atoms. The summed E-state index contributed by atoms with van der Waals surface area (Å²) in [4.78, 5) is 50.6. The van der Waals surface area contributed by atoms with Crippen molar-refractivity contribution in [2.24, 2.45) is 0 Å². The van der Waals surface area contributed by atoms with Gasteiger partial charge in [-0.15, -0.1) is 0 Å². The average Bonchev–Trinajstić information content (AvgIpc) is 3.20. The average molecular weight is 658 g/mol. The lowest BCUT2D eigenvalue weighted by Crippen LogP contribution is -2.46. The second-order valence-electron chi connectivity index (χ2n) is 11.2. The van der Waals surface area contributed by atoms with E-state index in [-0.39, 0.29) is 31.1 Å². The van der Waals surface area contributed by atoms with Gasteiger partial charge in [-0.2, -0.15) is 5.09 Å². The molecular weight excluding hydrogens is 616 g/mol. The monoisotopic (exact) mass is 657 g/mol. The molecule has 1 aliphatic rings. The van der Waals surface area contributed by atoms with Crippen LogP contribution in [0.1, 0.15) is 66.2 Å². The molecule has 250 valence electrons. The van der Waals surface area contributed by atoms with E-state index in [2.05, 4.69) is 5.09 Å². The van der Waals surface area contributed by atoms with Crippen LogP contribution in [0.15, 0.2) is 46.1 Å². The third-order valence-electron chi connectivity index (χ3n) is 6.89. The highest BCUT2D eigenvalue weighted by Gasteiger charge is 2.56. The lowest BCUT2D eigenvalue weighted by Gasteiger charge is -2.32. The third-order valence-corrected chi connectivity index (χ3v) is 8.49. The number of H-pyrrole nitrogens is 1. The van der Waals surface area contributed by atoms with Gasteiger partial charge < -0.3 is 23.8 Å². The second kappa shape index (κ2) is 15.3. The van der Waals surface area contributed by atoms with E-state index in [1.165, 1.54) is 13.0 Å². The van der Waals surface area contributed by atoms with Gasteiger partial charge in [0.25, 0.3) is 5.56 Å². The maximum absolute atomic E-state index is 15.4. The Hall–Kier alpha value is -3.36. The molecule has 6 atom stereocenters. The minimum absolute atomic E-state index is 0.00334. The van der Waals surface area contributed by atoms with Gasteiger partial charge in [-0.1, -0.05) is 25.1 Å². The Morgan fingerprint density at radius 1 is 1.13 bits per heavy atom. The highest BCUT2D eigenvalue weighted by molar-refractivity contribution is 7.52. The molecule has 1 fully saturated rings. The topological polar surface area (TPSA) is 184 Å². The maximum atomic E-state index is 15.4. The van der Waals surface area contributed by atoms with E-state index in [0.717, 1.165) is 16.8 Å². The number of rotatable bonds is 15. The van der Waals surface area contributed by atoms with Crippen LogP contribution >= 0.6 is 7.75 Å². The zero-order valence-corrected chi connectivity index (χ0v) is 27.0. The number of benzene rings is 1. The number of para-hydroxylation sites is 1. The van der Waals surface area contributed by atoms with Crippen molar-refractivity contribution in [1.29, 1.82) is 0 Å². The Morgan fingerprint density at radius 2 is 1.80 bits per heavy atom. The van der Waals surface area contributed by atoms with Crippen molar-refractivity contribution < 1.29 is 46.9 Å². The number of aromatic nitrogens is 2. The van der Waals surface area contributed by atoms with E-state index in [9.17, 15) is 28.8 Å². The SMILES string of the molecule is CC[C@]1(COP(=O)(NC(C)C(=O)OC(C)C)Oc2ccccc2CCC(=O)OC(C)C)O[C@@H](n2ccc(=O)[nH]c2=O)[C@H](F)[C@@H]1O. The molecule has 3 rings (SSSR count). The number of esters is 2. The summed E-state index contributed by atoms with van der Waals surface area (Å²) in [6, 6.07) is 6.22. The van der Waals surface area contributed by atoms with E-state index >= 15 is 4.39 Å². The van der Waals surface area contributed by atoms with E-state index in [1.54, 1.807) is 52.8 Å². The van der Waals surface area contributed by atoms with Gasteiger partial charge in [0.05, 0.1) is 18.8 Å². The molecule has 14 nitrogen and oxygen atoms in total. The summed E-state index contributed by atoms with van der Waals surface area (Å²) in [6.45, 7) is 8.95. The number of hydrogen-bond donors (Lipinski definition) is 3. The number of carbonyl (C=O) groups excluding carboxylic acids is 2. The second-order valence-corrected chi connectivity index (χ2v) is 12.9. The van der Waals surface area contributed by atoms with Crippen LogP contribution in [0.25, 0.3) is 0 Å². The van der Waals surface area contributed by atoms with E-state index < -0.39 is 73.8 Å². The molecule has 0 radical (unpaired) electrons. The van der Waals surface area contributed by atoms with E-state index in [0.29, 0.717) is 5.56 Å². The predicted octanol–water partition coefficient (Wildman–Crippen LogP) is 2.93. The fourth-order valence-corrected chi connectivity index (χ4v) is 6.15. The molecule has 2 aromatic rings. The number of aliphatic hydroxyl groups is 1. The van der Waals surface area contributed by atoms with Gasteiger partial charge in [-0.3, -0.25) is 28.5 Å². The number of nitrogens with zero attached hydrogens (tertiary/aromatic N) is 1. The first-order valence-corrected chi connectivity index (χ1v) is 16.1. The molecule has 1 saturated heterocycles. The molecule has 3 N–H and O–H groups in total. The first-order valence-electron chi connectivity index (χ1n) is 14.6. The van der Waals surface area contributed by atoms with Crippen molar-refractivity contribution >= 4 is 19.7 Å². The largest absolute Gasteiger partial charge is 0.463 e. The summed E-state index contributed by atoms with van der Waals surface area (Å²) in [7, 11) is -4.55. The third kappa shape index (κ3) is 9.33. The summed E-state index contributed by atoms with van der Waals surface area (Å²) in [5.41, 5.74) is -3.02. The molecule has 1 aliphatic heterocycles. The van der Waals surface area contributed by atoms with Crippen molar-refractivity contribution in [3.8, 4) is 5.75 Å². The number of nitrogens with one attached hydrogen (secondary N) is 2. The van der Waals surface area contributed by atoms with Crippen LogP contribution in [-0.2, 0) is 39.3 Å². The molecule has 0 spiro atoms. The zero-order chi connectivity index (χ0) is 33.5. The van der Waals surface area contributed by atoms with Gasteiger partial charge in [0.1, 0.15) is 23.5 Å². The van der Waals surface area contributed by atoms with Gasteiger partial charge in [0.15, 0.2) is 12.4 Å². The quantitative estimate of drug-likeness (QED) is 0.188. The Bertz CT molecular complexity index is 1500. The molecular formula is C29H41FN3O11P. The van der Waals surface area contributed by atoms with Crippen LogP contribution in [0.2, 0.25) is 0 Å². The predicted molar refractivity (Wildman–Crippen MR) is 159 cm³/mol. The molecule has 2 heterocycles. The molecule has 2 unspecified atom stereocenters. The highest BCUT2D eigenvalue weighted by atomic mass is 31.2. The number of ether oxygens (including phenoxy) is 3. The summed E-state index contributed by atoms with van der Waals surface area (Å²) in [5.74, 6) is -1.14. The standard InChI is InChI=1S/C29H41FN3O11P/c1-7-29(25(36)24(30)26(43-29)33-15-14-22(34)31-28(33)38)16-40-45(39,32-19(6)27(37)42-18(4)5)44-21-11-9-8-10-20(21)12-13-23(35)41-17(2)3/h8-11,14-15,17-19,24-26,36H,7,12-13,16H2,1-6H3,(H,32,39)(H,31,34,38)/t19?,24-,25+,26-,29-,45?/m1/s1. The Morgan fingerprint density at radius 3 is 2.42 bits per heavy atom. The Kier molecular flexibility index (Phi) is 12.3. The Balaban J connectivity index is 1.90. The number of carbonyl (C=O) groups is 2. The summed E-state index contributed by atoms with van der Waals surface area (Å²) in [6.07, 6.45) is -5.31. The van der Waals surface area contributed by atoms with Crippen LogP contribution in [0.4, 0.5) is 4.39 Å². The van der Waals surface area contributed by atoms with Crippen LogP contribution in [0.5, 0.6) is 5.75 Å². The summed E-state index contributed by atoms with van der Waals surface area (Å²) < 4.78 is 58.3. The number of aryl methyl sites for hydroxylation is 1. The highest BCUT2D eigenvalue weighted by Crippen LogP contribution is 2.49. The van der Waals surface area contributed by atoms with Crippen molar-refractivity contribution in [2.75, 3.05) is 6.61 Å². The van der Waals surface area contributed by atoms with E-state index in [1.807, 2.05) is 4.98 Å². The minimum atomic E-state index is -4.55. The lowest BCUT2D eigenvalue weighted by molar-refractivity contribution is -0.149. The number of hydrogen-bond acceptors (Lipinski definition) is 11. The fourth-order valence-electron chi connectivity index (χ4n) is 4.57. The van der Waals surface area contributed by atoms with Crippen molar-refractivity contribution in [3.05, 3.63) is 62.9 Å². The van der Waals surface area contributed by atoms with Crippen LogP contribution in [0, 0.1) is 0 Å². The van der Waals surface area contributed by atoms with Gasteiger partial charge in [0, 0.05) is 18.7 Å². The van der Waals surface area contributed by atoms with Crippen molar-refractivity contribution in [1.82, 2.24) is 14.6 Å². The van der Waals surface area contributed by atoms with E-state index in [4.69, 9.17) is 23.3 Å². The first-order chi connectivity index (χ1) is 21.1. The van der Waals surface area contributed by atoms with Crippen molar-refractivity contribution in [3.63, 3.8) is 0 Å². The van der Waals surface area contributed by atoms with Gasteiger partial charge >= 0.3 is 25.4 Å². The molecule has 16 heteroatoms. The van der Waals surface area contributed by atoms with Crippen LogP contribution < -0.4 is 20.9 Å². The maximum Gasteiger partial charge on any atom is 0.459 e. The first kappa shape index (κ1) is 36.1. The van der Waals surface area contributed by atoms with Gasteiger partial charge in [-0.05, 0) is 59.1 Å². The Labute approximate surface area is 259 Å². The van der Waals surface area contributed by atoms with Gasteiger partial charge in [-0.25, -0.2) is 13.8 Å². The number of aliphatic hydroxyl groups excluding tert-OH is 1. The number of alkyl halides is 1. The molecule has 1 aromatic heterocycles. The molecule has 1 aromatic carbocycles. The van der Waals surface area contributed by atoms with Crippen LogP contribution in [-0.4, -0.2) is 69.3 Å². The molecule has 0 saturated carbocycles. The number of halogens is 1. The zero-order valence-electron chi connectivity index (χ0n) is 26.1. The summed E-state index contributed by atoms with van der Waals surface area (Å²) in [5, 5.41) is 13.5. The van der Waals surface area contributed by atoms with Crippen molar-refractivity contribution in [2.45, 2.75) is 103 Å². The number of aromatic amines is 1. The van der Waals surface area contributed by atoms with Gasteiger partial charge in [0.2, 0.25) is 0 Å². The molecule has 45 heavy (non-hydrogen) atoms. The molecule has 0 aliphatic carbocycles. The lowest BCUT2D eigenvalue weighted by atomic mass is 9.94. The fraction of sp³-hybridized carbons (Fsp3) is 0.586. The normalized spacial score (nSPS) is 23.5. The smallest absolute Gasteiger partial charge is 0.459 e. The summed E-state index contributed by atoms with van der Waals surface area (Å²) >= 11 is 0. The molecule has 0 amide bonds. The minimum Gasteiger partial charge on any atom is -0.463 e. The van der Waals surface area contributed by atoms with Crippen LogP contribution in [0.3, 0.4) is 0 Å².